The van der Waals surface area contributed by atoms with Gasteiger partial charge >= 0.3 is 0 Å². The number of benzene rings is 1. The molecule has 5 heteroatoms. The molecule has 0 aromatic heterocycles. The normalized spacial score (nSPS) is 13.3. The smallest absolute Gasteiger partial charge is 0.133 e. The van der Waals surface area contributed by atoms with Crippen LogP contribution in [0.1, 0.15) is 5.56 Å². The SMILES string of the molecule is OC(Cc1ccc(F)cc1F)C(Cl)Cl. The van der Waals surface area contributed by atoms with Crippen molar-refractivity contribution in [2.75, 3.05) is 0 Å². The Hall–Kier alpha value is -0.380. The molecule has 78 valence electrons. The summed E-state index contributed by atoms with van der Waals surface area (Å²) >= 11 is 10.8. The van der Waals surface area contributed by atoms with Crippen LogP contribution in [-0.2, 0) is 6.42 Å². The molecule has 14 heavy (non-hydrogen) atoms. The maximum absolute atomic E-state index is 13.0. The monoisotopic (exact) mass is 240 g/mol. The fourth-order valence-corrected chi connectivity index (χ4v) is 1.18. The third-order valence-corrected chi connectivity index (χ3v) is 2.32. The third-order valence-electron chi connectivity index (χ3n) is 1.74. The Balaban J connectivity index is 2.77. The molecule has 0 amide bonds. The lowest BCUT2D eigenvalue weighted by Gasteiger charge is -2.11. The van der Waals surface area contributed by atoms with Gasteiger partial charge in [0.2, 0.25) is 0 Å². The summed E-state index contributed by atoms with van der Waals surface area (Å²) in [4.78, 5) is -0.987. The number of alkyl halides is 2. The fourth-order valence-electron chi connectivity index (χ4n) is 1.00. The highest BCUT2D eigenvalue weighted by atomic mass is 35.5. The van der Waals surface area contributed by atoms with E-state index in [0.717, 1.165) is 12.1 Å². The second-order valence-corrected chi connectivity index (χ2v) is 4.01. The van der Waals surface area contributed by atoms with E-state index in [9.17, 15) is 13.9 Å². The Kier molecular flexibility index (Phi) is 4.11. The predicted molar refractivity (Wildman–Crippen MR) is 51.6 cm³/mol. The number of aliphatic hydroxyl groups is 1. The standard InChI is InChI=1S/C9H8Cl2F2O/c10-9(11)8(14)3-5-1-2-6(12)4-7(5)13/h1-2,4,8-9,14H,3H2. The first kappa shape index (κ1) is 11.7. The molecule has 1 aromatic rings. The summed E-state index contributed by atoms with van der Waals surface area (Å²) in [5.74, 6) is -1.37. The van der Waals surface area contributed by atoms with Crippen molar-refractivity contribution in [3.63, 3.8) is 0 Å². The molecule has 1 nitrogen and oxygen atoms in total. The summed E-state index contributed by atoms with van der Waals surface area (Å²) in [5.41, 5.74) is 0.185. The van der Waals surface area contributed by atoms with E-state index in [2.05, 4.69) is 0 Å². The van der Waals surface area contributed by atoms with Gasteiger partial charge in [0.15, 0.2) is 0 Å². The van der Waals surface area contributed by atoms with Gasteiger partial charge in [0, 0.05) is 12.5 Å². The lowest BCUT2D eigenvalue weighted by molar-refractivity contribution is 0.188. The molecule has 0 aliphatic heterocycles. The van der Waals surface area contributed by atoms with Crippen molar-refractivity contribution >= 4 is 23.2 Å². The van der Waals surface area contributed by atoms with Gasteiger partial charge in [-0.2, -0.15) is 0 Å². The largest absolute Gasteiger partial charge is 0.390 e. The Morgan fingerprint density at radius 2 is 1.93 bits per heavy atom. The van der Waals surface area contributed by atoms with E-state index < -0.39 is 22.6 Å². The van der Waals surface area contributed by atoms with Crippen LogP contribution in [0, 0.1) is 11.6 Å². The average molecular weight is 241 g/mol. The average Bonchev–Trinajstić information content (AvgIpc) is 2.09. The van der Waals surface area contributed by atoms with E-state index in [1.165, 1.54) is 6.07 Å². The van der Waals surface area contributed by atoms with Gasteiger partial charge in [-0.15, -0.1) is 23.2 Å². The zero-order valence-electron chi connectivity index (χ0n) is 7.05. The van der Waals surface area contributed by atoms with Crippen molar-refractivity contribution in [2.45, 2.75) is 17.4 Å². The summed E-state index contributed by atoms with van der Waals surface area (Å²) in [6.07, 6.45) is -1.10. The molecule has 1 aromatic carbocycles. The zero-order valence-corrected chi connectivity index (χ0v) is 8.56. The van der Waals surface area contributed by atoms with E-state index in [1.54, 1.807) is 0 Å². The number of halogens is 4. The van der Waals surface area contributed by atoms with Gasteiger partial charge in [0.05, 0.1) is 6.10 Å². The molecular weight excluding hydrogens is 233 g/mol. The van der Waals surface area contributed by atoms with E-state index in [4.69, 9.17) is 23.2 Å². The van der Waals surface area contributed by atoms with Crippen molar-refractivity contribution in [3.05, 3.63) is 35.4 Å². The van der Waals surface area contributed by atoms with Crippen LogP contribution >= 0.6 is 23.2 Å². The minimum atomic E-state index is -1.06. The topological polar surface area (TPSA) is 20.2 Å². The van der Waals surface area contributed by atoms with E-state index >= 15 is 0 Å². The van der Waals surface area contributed by atoms with Crippen molar-refractivity contribution in [1.29, 1.82) is 0 Å². The lowest BCUT2D eigenvalue weighted by Crippen LogP contribution is -2.19. The number of aliphatic hydroxyl groups excluding tert-OH is 1. The third kappa shape index (κ3) is 3.08. The number of hydrogen-bond acceptors (Lipinski definition) is 1. The Labute approximate surface area is 90.3 Å². The van der Waals surface area contributed by atoms with Crippen LogP contribution in [-0.4, -0.2) is 16.0 Å². The Bertz CT molecular complexity index is 318. The highest BCUT2D eigenvalue weighted by Gasteiger charge is 2.16. The van der Waals surface area contributed by atoms with Crippen molar-refractivity contribution < 1.29 is 13.9 Å². The lowest BCUT2D eigenvalue weighted by atomic mass is 10.1. The van der Waals surface area contributed by atoms with E-state index in [0.29, 0.717) is 0 Å². The fraction of sp³-hybridized carbons (Fsp3) is 0.333. The molecule has 0 spiro atoms. The molecule has 0 bridgehead atoms. The Morgan fingerprint density at radius 1 is 1.29 bits per heavy atom. The molecule has 1 N–H and O–H groups in total. The highest BCUT2D eigenvalue weighted by molar-refractivity contribution is 6.44. The minimum absolute atomic E-state index is 0.0379. The predicted octanol–water partition coefficient (Wildman–Crippen LogP) is 2.67. The van der Waals surface area contributed by atoms with Gasteiger partial charge in [-0.3, -0.25) is 0 Å². The van der Waals surface area contributed by atoms with Gasteiger partial charge in [-0.1, -0.05) is 6.07 Å². The van der Waals surface area contributed by atoms with Crippen LogP contribution in [0.4, 0.5) is 8.78 Å². The summed E-state index contributed by atoms with van der Waals surface area (Å²) in [7, 11) is 0. The first-order valence-electron chi connectivity index (χ1n) is 3.91. The van der Waals surface area contributed by atoms with Gasteiger partial charge in [0.1, 0.15) is 16.5 Å². The van der Waals surface area contributed by atoms with E-state index in [1.807, 2.05) is 0 Å². The molecule has 0 aliphatic rings. The second kappa shape index (κ2) is 4.91. The molecule has 0 aliphatic carbocycles. The minimum Gasteiger partial charge on any atom is -0.390 e. The molecule has 0 saturated carbocycles. The summed E-state index contributed by atoms with van der Waals surface area (Å²) in [6, 6.07) is 3.12. The van der Waals surface area contributed by atoms with Crippen LogP contribution in [0.15, 0.2) is 18.2 Å². The van der Waals surface area contributed by atoms with Crippen LogP contribution in [0.25, 0.3) is 0 Å². The summed E-state index contributed by atoms with van der Waals surface area (Å²) in [5, 5.41) is 9.25. The van der Waals surface area contributed by atoms with E-state index in [-0.39, 0.29) is 12.0 Å². The van der Waals surface area contributed by atoms with Gasteiger partial charge in [-0.05, 0) is 11.6 Å². The highest BCUT2D eigenvalue weighted by Crippen LogP contribution is 2.16. The Morgan fingerprint density at radius 3 is 2.43 bits per heavy atom. The van der Waals surface area contributed by atoms with Gasteiger partial charge in [-0.25, -0.2) is 8.78 Å². The zero-order chi connectivity index (χ0) is 10.7. The molecule has 0 fully saturated rings. The first-order chi connectivity index (χ1) is 6.50. The van der Waals surface area contributed by atoms with Crippen molar-refractivity contribution in [3.8, 4) is 0 Å². The number of rotatable bonds is 3. The van der Waals surface area contributed by atoms with Crippen LogP contribution < -0.4 is 0 Å². The summed E-state index contributed by atoms with van der Waals surface area (Å²) < 4.78 is 25.5. The molecular formula is C9H8Cl2F2O. The van der Waals surface area contributed by atoms with Crippen LogP contribution in [0.3, 0.4) is 0 Å². The number of hydrogen-bond donors (Lipinski definition) is 1. The maximum atomic E-state index is 13.0. The molecule has 0 saturated heterocycles. The second-order valence-electron chi connectivity index (χ2n) is 2.84. The van der Waals surface area contributed by atoms with Crippen molar-refractivity contribution in [2.24, 2.45) is 0 Å². The molecule has 0 radical (unpaired) electrons. The van der Waals surface area contributed by atoms with Crippen LogP contribution in [0.5, 0.6) is 0 Å². The molecule has 1 atom stereocenters. The quantitative estimate of drug-likeness (QED) is 0.806. The van der Waals surface area contributed by atoms with Crippen LogP contribution in [0.2, 0.25) is 0 Å². The first-order valence-corrected chi connectivity index (χ1v) is 4.78. The molecule has 0 heterocycles. The van der Waals surface area contributed by atoms with Gasteiger partial charge in [0.25, 0.3) is 0 Å². The maximum Gasteiger partial charge on any atom is 0.133 e. The molecule has 1 rings (SSSR count). The van der Waals surface area contributed by atoms with Gasteiger partial charge < -0.3 is 5.11 Å². The molecule has 1 unspecified atom stereocenters. The van der Waals surface area contributed by atoms with Crippen molar-refractivity contribution in [1.82, 2.24) is 0 Å². The summed E-state index contributed by atoms with van der Waals surface area (Å²) in [6.45, 7) is 0.